The predicted molar refractivity (Wildman–Crippen MR) is 83.0 cm³/mol. The molecule has 2 heteroatoms. The molecule has 3 aromatic rings. The van der Waals surface area contributed by atoms with Crippen LogP contribution in [0.25, 0.3) is 10.8 Å². The molecule has 0 saturated carbocycles. The van der Waals surface area contributed by atoms with Crippen LogP contribution in [-0.2, 0) is 12.8 Å². The summed E-state index contributed by atoms with van der Waals surface area (Å²) in [6.07, 6.45) is 2.16. The van der Waals surface area contributed by atoms with E-state index in [2.05, 4.69) is 24.3 Å². The number of benzene rings is 2. The first-order valence-corrected chi connectivity index (χ1v) is 7.30. The molecule has 2 aromatic carbocycles. The second kappa shape index (κ2) is 4.32. The predicted octanol–water partition coefficient (Wildman–Crippen LogP) is 4.38. The summed E-state index contributed by atoms with van der Waals surface area (Å²) in [5.74, 6) is 1.53. The molecule has 0 N–H and O–H groups in total. The van der Waals surface area contributed by atoms with E-state index in [-0.39, 0.29) is 5.78 Å². The molecule has 0 atom stereocenters. The van der Waals surface area contributed by atoms with Crippen molar-refractivity contribution in [2.75, 3.05) is 0 Å². The van der Waals surface area contributed by atoms with Crippen LogP contribution in [0.5, 0.6) is 0 Å². The van der Waals surface area contributed by atoms with Crippen molar-refractivity contribution < 1.29 is 9.21 Å². The average molecular weight is 276 g/mol. The van der Waals surface area contributed by atoms with Gasteiger partial charge in [0, 0.05) is 5.56 Å². The Morgan fingerprint density at radius 2 is 1.76 bits per heavy atom. The van der Waals surface area contributed by atoms with Crippen LogP contribution in [0.1, 0.15) is 38.6 Å². The number of aryl methyl sites for hydroxylation is 4. The van der Waals surface area contributed by atoms with Gasteiger partial charge in [-0.15, -0.1) is 0 Å². The van der Waals surface area contributed by atoms with Gasteiger partial charge in [0.1, 0.15) is 11.5 Å². The molecule has 0 aliphatic heterocycles. The van der Waals surface area contributed by atoms with Crippen molar-refractivity contribution in [3.8, 4) is 0 Å². The lowest BCUT2D eigenvalue weighted by atomic mass is 9.95. The third kappa shape index (κ3) is 1.75. The SMILES string of the molecule is Cc1cc(C(=O)c2ccc3c4c(cccc24)CC3)c(C)o1. The zero-order valence-corrected chi connectivity index (χ0v) is 12.2. The van der Waals surface area contributed by atoms with E-state index in [0.29, 0.717) is 11.3 Å². The molecule has 1 aliphatic carbocycles. The Balaban J connectivity index is 1.96. The molecule has 4 rings (SSSR count). The van der Waals surface area contributed by atoms with Crippen molar-refractivity contribution in [1.82, 2.24) is 0 Å². The monoisotopic (exact) mass is 276 g/mol. The van der Waals surface area contributed by atoms with E-state index in [1.807, 2.05) is 26.0 Å². The summed E-state index contributed by atoms with van der Waals surface area (Å²) in [7, 11) is 0. The lowest BCUT2D eigenvalue weighted by Gasteiger charge is -2.07. The van der Waals surface area contributed by atoms with Gasteiger partial charge in [0.05, 0.1) is 5.56 Å². The molecule has 0 radical (unpaired) electrons. The smallest absolute Gasteiger partial charge is 0.197 e. The van der Waals surface area contributed by atoms with E-state index in [1.54, 1.807) is 0 Å². The van der Waals surface area contributed by atoms with Gasteiger partial charge in [-0.3, -0.25) is 4.79 Å². The van der Waals surface area contributed by atoms with Crippen LogP contribution in [0.3, 0.4) is 0 Å². The van der Waals surface area contributed by atoms with Crippen molar-refractivity contribution in [3.05, 3.63) is 70.2 Å². The Morgan fingerprint density at radius 3 is 2.48 bits per heavy atom. The highest BCUT2D eigenvalue weighted by molar-refractivity contribution is 6.17. The molecule has 21 heavy (non-hydrogen) atoms. The summed E-state index contributed by atoms with van der Waals surface area (Å²) in [5, 5.41) is 2.35. The van der Waals surface area contributed by atoms with E-state index in [0.717, 1.165) is 29.6 Å². The summed E-state index contributed by atoms with van der Waals surface area (Å²) in [6.45, 7) is 3.72. The quantitative estimate of drug-likeness (QED) is 0.650. The van der Waals surface area contributed by atoms with E-state index < -0.39 is 0 Å². The van der Waals surface area contributed by atoms with Gasteiger partial charge in [-0.1, -0.05) is 30.3 Å². The van der Waals surface area contributed by atoms with Crippen LogP contribution >= 0.6 is 0 Å². The molecular weight excluding hydrogens is 260 g/mol. The Morgan fingerprint density at radius 1 is 1.00 bits per heavy atom. The molecule has 0 bridgehead atoms. The fraction of sp³-hybridized carbons (Fsp3) is 0.211. The maximum absolute atomic E-state index is 12.9. The first-order chi connectivity index (χ1) is 10.1. The van der Waals surface area contributed by atoms with E-state index in [4.69, 9.17) is 4.42 Å². The maximum atomic E-state index is 12.9. The van der Waals surface area contributed by atoms with E-state index >= 15 is 0 Å². The lowest BCUT2D eigenvalue weighted by molar-refractivity contribution is 0.103. The molecule has 1 aliphatic rings. The molecule has 0 fully saturated rings. The number of rotatable bonds is 2. The van der Waals surface area contributed by atoms with Gasteiger partial charge >= 0.3 is 0 Å². The highest BCUT2D eigenvalue weighted by Crippen LogP contribution is 2.34. The summed E-state index contributed by atoms with van der Waals surface area (Å²) in [6, 6.07) is 12.2. The van der Waals surface area contributed by atoms with Crippen LogP contribution in [0.2, 0.25) is 0 Å². The Hall–Kier alpha value is -2.35. The Bertz CT molecular complexity index is 874. The molecular formula is C19H16O2. The summed E-state index contributed by atoms with van der Waals surface area (Å²) in [5.41, 5.74) is 4.17. The Labute approximate surface area is 123 Å². The zero-order chi connectivity index (χ0) is 14.6. The van der Waals surface area contributed by atoms with Crippen LogP contribution in [-0.4, -0.2) is 5.78 Å². The molecule has 0 saturated heterocycles. The van der Waals surface area contributed by atoms with Crippen molar-refractivity contribution >= 4 is 16.6 Å². The van der Waals surface area contributed by atoms with Crippen LogP contribution in [0.4, 0.5) is 0 Å². The average Bonchev–Trinajstić information content (AvgIpc) is 3.04. The van der Waals surface area contributed by atoms with E-state index in [1.165, 1.54) is 16.5 Å². The fourth-order valence-electron chi connectivity index (χ4n) is 3.45. The number of furan rings is 1. The number of ketones is 1. The Kier molecular flexibility index (Phi) is 2.55. The maximum Gasteiger partial charge on any atom is 0.197 e. The van der Waals surface area contributed by atoms with Crippen molar-refractivity contribution in [3.63, 3.8) is 0 Å². The van der Waals surface area contributed by atoms with Crippen LogP contribution in [0.15, 0.2) is 40.8 Å². The van der Waals surface area contributed by atoms with Crippen molar-refractivity contribution in [2.24, 2.45) is 0 Å². The number of carbonyl (C=O) groups is 1. The third-order valence-corrected chi connectivity index (χ3v) is 4.41. The topological polar surface area (TPSA) is 30.2 Å². The molecule has 2 nitrogen and oxygen atoms in total. The highest BCUT2D eigenvalue weighted by Gasteiger charge is 2.21. The molecule has 1 aromatic heterocycles. The summed E-state index contributed by atoms with van der Waals surface area (Å²) in [4.78, 5) is 12.9. The molecule has 1 heterocycles. The zero-order valence-electron chi connectivity index (χ0n) is 12.2. The second-order valence-corrected chi connectivity index (χ2v) is 5.77. The number of carbonyl (C=O) groups excluding carboxylic acids is 1. The third-order valence-electron chi connectivity index (χ3n) is 4.41. The second-order valence-electron chi connectivity index (χ2n) is 5.77. The highest BCUT2D eigenvalue weighted by atomic mass is 16.3. The summed E-state index contributed by atoms with van der Waals surface area (Å²) < 4.78 is 5.51. The largest absolute Gasteiger partial charge is 0.466 e. The molecule has 0 spiro atoms. The van der Waals surface area contributed by atoms with Gasteiger partial charge in [-0.05, 0) is 54.7 Å². The van der Waals surface area contributed by atoms with Gasteiger partial charge in [-0.2, -0.15) is 0 Å². The van der Waals surface area contributed by atoms with Gasteiger partial charge in [0.25, 0.3) is 0 Å². The van der Waals surface area contributed by atoms with Gasteiger partial charge in [0.2, 0.25) is 0 Å². The molecule has 0 unspecified atom stereocenters. The molecule has 0 amide bonds. The molecule has 104 valence electrons. The summed E-state index contributed by atoms with van der Waals surface area (Å²) >= 11 is 0. The number of hydrogen-bond donors (Lipinski definition) is 0. The van der Waals surface area contributed by atoms with Crippen molar-refractivity contribution in [1.29, 1.82) is 0 Å². The minimum absolute atomic E-state index is 0.0555. The lowest BCUT2D eigenvalue weighted by Crippen LogP contribution is -2.03. The minimum Gasteiger partial charge on any atom is -0.466 e. The van der Waals surface area contributed by atoms with Crippen molar-refractivity contribution in [2.45, 2.75) is 26.7 Å². The first kappa shape index (κ1) is 12.4. The van der Waals surface area contributed by atoms with Crippen LogP contribution < -0.4 is 0 Å². The van der Waals surface area contributed by atoms with Crippen LogP contribution in [0, 0.1) is 13.8 Å². The van der Waals surface area contributed by atoms with Gasteiger partial charge in [-0.25, -0.2) is 0 Å². The van der Waals surface area contributed by atoms with E-state index in [9.17, 15) is 4.79 Å². The first-order valence-electron chi connectivity index (χ1n) is 7.30. The normalized spacial score (nSPS) is 13.0. The number of hydrogen-bond acceptors (Lipinski definition) is 2. The minimum atomic E-state index is 0.0555. The van der Waals surface area contributed by atoms with Gasteiger partial charge < -0.3 is 4.42 Å². The standard InChI is InChI=1S/C19H16O2/c1-11-10-17(12(2)21-11)19(20)16-9-8-14-7-6-13-4-3-5-15(16)18(13)14/h3-5,8-10H,6-7H2,1-2H3. The van der Waals surface area contributed by atoms with Gasteiger partial charge in [0.15, 0.2) is 5.78 Å². The fourth-order valence-corrected chi connectivity index (χ4v) is 3.45.